The minimum atomic E-state index is -4.55. The molecule has 0 spiro atoms. The summed E-state index contributed by atoms with van der Waals surface area (Å²) >= 11 is 0. The van der Waals surface area contributed by atoms with Gasteiger partial charge in [-0.25, -0.2) is 4.79 Å². The Labute approximate surface area is 263 Å². The van der Waals surface area contributed by atoms with E-state index in [9.17, 15) is 26.7 Å². The van der Waals surface area contributed by atoms with Gasteiger partial charge in [0.25, 0.3) is 0 Å². The normalized spacial score (nSPS) is 12.2. The maximum absolute atomic E-state index is 14.7. The molecule has 241 valence electrons. The van der Waals surface area contributed by atoms with Crippen molar-refractivity contribution >= 4 is 23.4 Å². The standard InChI is InChI=1S/C35H32F5N2O4/c1-33(20-25-2-11-28(41)12-3-25,21-26-4-13-29(42)14-5-26)22-45-32(43)19-8-24-6-15-31(16-7-24)46-35(39,40)27-9-17-30(18-10-27)44-23-34(36,37)38/h2-19H,1,20-23,41-42H2/b19-8+. The van der Waals surface area contributed by atoms with Gasteiger partial charge in [-0.3, -0.25) is 0 Å². The van der Waals surface area contributed by atoms with Crippen LogP contribution in [0.1, 0.15) is 22.3 Å². The summed E-state index contributed by atoms with van der Waals surface area (Å²) in [5.74, 6) is -0.998. The lowest BCUT2D eigenvalue weighted by Gasteiger charge is -2.29. The fourth-order valence-corrected chi connectivity index (χ4v) is 4.50. The number of alkyl halides is 5. The summed E-state index contributed by atoms with van der Waals surface area (Å²) in [4.78, 5) is 12.6. The Kier molecular flexibility index (Phi) is 10.6. The molecule has 11 heteroatoms. The Hall–Kier alpha value is -5.06. The number of benzene rings is 4. The van der Waals surface area contributed by atoms with E-state index in [0.29, 0.717) is 29.8 Å². The van der Waals surface area contributed by atoms with Crippen molar-refractivity contribution in [1.82, 2.24) is 0 Å². The van der Waals surface area contributed by atoms with Crippen LogP contribution in [-0.4, -0.2) is 25.4 Å². The van der Waals surface area contributed by atoms with E-state index in [0.717, 1.165) is 35.4 Å². The zero-order chi connectivity index (χ0) is 33.4. The van der Waals surface area contributed by atoms with Gasteiger partial charge in [0.2, 0.25) is 0 Å². The zero-order valence-electron chi connectivity index (χ0n) is 24.6. The lowest BCUT2D eigenvalue weighted by atomic mass is 9.79. The van der Waals surface area contributed by atoms with Gasteiger partial charge < -0.3 is 25.7 Å². The van der Waals surface area contributed by atoms with Crippen LogP contribution in [-0.2, 0) is 28.5 Å². The first-order valence-corrected chi connectivity index (χ1v) is 14.0. The minimum absolute atomic E-state index is 0.0161. The number of hydrogen-bond donors (Lipinski definition) is 2. The molecule has 0 saturated carbocycles. The third-order valence-electron chi connectivity index (χ3n) is 6.77. The fourth-order valence-electron chi connectivity index (χ4n) is 4.50. The number of esters is 1. The van der Waals surface area contributed by atoms with Crippen LogP contribution in [0.15, 0.2) is 103 Å². The maximum atomic E-state index is 14.7. The highest BCUT2D eigenvalue weighted by Gasteiger charge is 2.35. The average molecular weight is 640 g/mol. The molecule has 1 radical (unpaired) electrons. The van der Waals surface area contributed by atoms with Gasteiger partial charge in [-0.05, 0) is 103 Å². The summed E-state index contributed by atoms with van der Waals surface area (Å²) in [5, 5.41) is 0. The van der Waals surface area contributed by atoms with Gasteiger partial charge in [0.05, 0.1) is 12.2 Å². The summed E-state index contributed by atoms with van der Waals surface area (Å²) in [6.45, 7) is 2.87. The number of halogens is 5. The van der Waals surface area contributed by atoms with Crippen molar-refractivity contribution in [2.24, 2.45) is 5.41 Å². The minimum Gasteiger partial charge on any atom is -0.484 e. The van der Waals surface area contributed by atoms with Gasteiger partial charge in [0.15, 0.2) is 6.61 Å². The van der Waals surface area contributed by atoms with Crippen LogP contribution in [0.2, 0.25) is 0 Å². The molecule has 4 aromatic rings. The van der Waals surface area contributed by atoms with Crippen molar-refractivity contribution in [3.8, 4) is 11.5 Å². The van der Waals surface area contributed by atoms with E-state index in [-0.39, 0.29) is 18.1 Å². The number of nitrogens with two attached hydrogens (primary N) is 2. The number of rotatable bonds is 13. The number of hydrogen-bond acceptors (Lipinski definition) is 6. The van der Waals surface area contributed by atoms with Gasteiger partial charge in [-0.15, -0.1) is 0 Å². The molecule has 46 heavy (non-hydrogen) atoms. The van der Waals surface area contributed by atoms with Crippen LogP contribution in [0.25, 0.3) is 6.08 Å². The summed E-state index contributed by atoms with van der Waals surface area (Å²) in [7, 11) is 0. The monoisotopic (exact) mass is 639 g/mol. The molecule has 4 aromatic carbocycles. The van der Waals surface area contributed by atoms with Gasteiger partial charge in [-0.2, -0.15) is 22.0 Å². The van der Waals surface area contributed by atoms with E-state index in [4.69, 9.17) is 20.9 Å². The summed E-state index contributed by atoms with van der Waals surface area (Å²) in [5.41, 5.74) is 14.1. The Morgan fingerprint density at radius 2 is 1.20 bits per heavy atom. The molecule has 0 amide bonds. The Balaban J connectivity index is 1.34. The second kappa shape index (κ2) is 14.4. The van der Waals surface area contributed by atoms with E-state index < -0.39 is 35.8 Å². The van der Waals surface area contributed by atoms with E-state index in [2.05, 4.69) is 11.7 Å². The van der Waals surface area contributed by atoms with E-state index in [1.807, 2.05) is 24.3 Å². The van der Waals surface area contributed by atoms with Crippen molar-refractivity contribution < 1.29 is 41.0 Å². The molecule has 0 fully saturated rings. The third kappa shape index (κ3) is 10.5. The maximum Gasteiger partial charge on any atom is 0.426 e. The Bertz CT molecular complexity index is 1560. The van der Waals surface area contributed by atoms with E-state index in [1.54, 1.807) is 24.3 Å². The smallest absolute Gasteiger partial charge is 0.426 e. The number of nitrogen functional groups attached to an aromatic ring is 2. The molecule has 0 aliphatic heterocycles. The predicted molar refractivity (Wildman–Crippen MR) is 166 cm³/mol. The Morgan fingerprint density at radius 1 is 0.696 bits per heavy atom. The summed E-state index contributed by atoms with van der Waals surface area (Å²) in [6, 6.07) is 24.1. The van der Waals surface area contributed by atoms with Gasteiger partial charge >= 0.3 is 18.3 Å². The van der Waals surface area contributed by atoms with Crippen LogP contribution in [0, 0.1) is 12.3 Å². The molecule has 0 atom stereocenters. The van der Waals surface area contributed by atoms with Gasteiger partial charge in [-0.1, -0.05) is 36.4 Å². The first-order valence-electron chi connectivity index (χ1n) is 14.0. The first-order chi connectivity index (χ1) is 21.7. The molecule has 0 heterocycles. The number of carbonyl (C=O) groups is 1. The third-order valence-corrected chi connectivity index (χ3v) is 6.77. The number of ether oxygens (including phenoxy) is 3. The Morgan fingerprint density at radius 3 is 1.70 bits per heavy atom. The first kappa shape index (κ1) is 33.8. The fraction of sp³-hybridized carbons (Fsp3) is 0.200. The number of anilines is 2. The molecule has 0 aliphatic carbocycles. The van der Waals surface area contributed by atoms with Crippen molar-refractivity contribution in [3.05, 3.63) is 132 Å². The highest BCUT2D eigenvalue weighted by Crippen LogP contribution is 2.33. The summed E-state index contributed by atoms with van der Waals surface area (Å²) in [6.07, 6.45) is -4.62. The highest BCUT2D eigenvalue weighted by atomic mass is 19.4. The van der Waals surface area contributed by atoms with Crippen LogP contribution < -0.4 is 20.9 Å². The molecule has 0 aliphatic rings. The molecule has 0 unspecified atom stereocenters. The van der Waals surface area contributed by atoms with E-state index >= 15 is 0 Å². The number of carbonyl (C=O) groups excluding carboxylic acids is 1. The topological polar surface area (TPSA) is 96.8 Å². The van der Waals surface area contributed by atoms with Crippen molar-refractivity contribution in [3.63, 3.8) is 0 Å². The van der Waals surface area contributed by atoms with Crippen molar-refractivity contribution in [2.45, 2.75) is 25.1 Å². The molecule has 0 saturated heterocycles. The van der Waals surface area contributed by atoms with Crippen molar-refractivity contribution in [1.29, 1.82) is 0 Å². The van der Waals surface area contributed by atoms with Gasteiger partial charge in [0.1, 0.15) is 11.5 Å². The SMILES string of the molecule is [CH2]C(COC(=O)/C=C/c1ccc(OC(F)(F)c2ccc(OCC(F)(F)F)cc2)cc1)(Cc1ccc(N)cc1)Cc1ccc(N)cc1. The highest BCUT2D eigenvalue weighted by molar-refractivity contribution is 5.87. The van der Waals surface area contributed by atoms with Crippen LogP contribution >= 0.6 is 0 Å². The van der Waals surface area contributed by atoms with E-state index in [1.165, 1.54) is 36.4 Å². The van der Waals surface area contributed by atoms with Gasteiger partial charge in [0, 0.05) is 22.9 Å². The van der Waals surface area contributed by atoms with Crippen molar-refractivity contribution in [2.75, 3.05) is 24.7 Å². The van der Waals surface area contributed by atoms with Crippen LogP contribution in [0.5, 0.6) is 11.5 Å². The lowest BCUT2D eigenvalue weighted by Crippen LogP contribution is -2.30. The largest absolute Gasteiger partial charge is 0.484 e. The lowest BCUT2D eigenvalue weighted by molar-refractivity contribution is -0.185. The zero-order valence-corrected chi connectivity index (χ0v) is 24.6. The molecule has 6 nitrogen and oxygen atoms in total. The summed E-state index contributed by atoms with van der Waals surface area (Å²) < 4.78 is 81.1. The molecular weight excluding hydrogens is 607 g/mol. The average Bonchev–Trinajstić information content (AvgIpc) is 3.01. The van der Waals surface area contributed by atoms with Crippen LogP contribution in [0.3, 0.4) is 0 Å². The second-order valence-electron chi connectivity index (χ2n) is 10.9. The molecular formula is C35H32F5N2O4. The quantitative estimate of drug-likeness (QED) is 0.0671. The molecule has 0 bridgehead atoms. The predicted octanol–water partition coefficient (Wildman–Crippen LogP) is 7.78. The molecule has 4 N–H and O–H groups in total. The molecule has 4 rings (SSSR count). The molecule has 0 aromatic heterocycles. The van der Waals surface area contributed by atoms with Crippen LogP contribution in [0.4, 0.5) is 33.3 Å². The second-order valence-corrected chi connectivity index (χ2v) is 10.9.